The van der Waals surface area contributed by atoms with Crippen LogP contribution in [0.1, 0.15) is 0 Å². The number of aliphatic hydroxyl groups is 1. The maximum Gasteiger partial charge on any atom is 0.411 e. The Hall–Kier alpha value is -2.11. The predicted octanol–water partition coefficient (Wildman–Crippen LogP) is 2.65. The highest BCUT2D eigenvalue weighted by Gasteiger charge is 2.27. The second-order valence-corrected chi connectivity index (χ2v) is 5.14. The van der Waals surface area contributed by atoms with Crippen molar-refractivity contribution in [3.8, 4) is 0 Å². The minimum absolute atomic E-state index is 0.0800. The van der Waals surface area contributed by atoms with Gasteiger partial charge >= 0.3 is 12.2 Å². The van der Waals surface area contributed by atoms with Crippen LogP contribution in [0.5, 0.6) is 0 Å². The molecule has 1 rings (SSSR count). The number of rotatable bonds is 8. The van der Waals surface area contributed by atoms with Crippen molar-refractivity contribution < 1.29 is 32.7 Å². The van der Waals surface area contributed by atoms with Gasteiger partial charge in [-0.25, -0.2) is 4.79 Å². The summed E-state index contributed by atoms with van der Waals surface area (Å²) in [5.41, 5.74) is -0.188. The number of nitrogens with one attached hydrogen (secondary N) is 1. The van der Waals surface area contributed by atoms with E-state index in [9.17, 15) is 28.1 Å². The molecule has 0 aliphatic rings. The quantitative estimate of drug-likeness (QED) is 0.406. The highest BCUT2D eigenvalue weighted by atomic mass is 35.5. The normalized spacial score (nSPS) is 11.2. The van der Waals surface area contributed by atoms with Crippen LogP contribution in [0.2, 0.25) is 5.02 Å². The summed E-state index contributed by atoms with van der Waals surface area (Å²) in [6.45, 7) is -2.60. The fourth-order valence-electron chi connectivity index (χ4n) is 1.71. The van der Waals surface area contributed by atoms with Crippen molar-refractivity contribution in [2.24, 2.45) is 0 Å². The zero-order valence-corrected chi connectivity index (χ0v) is 13.5. The maximum absolute atomic E-state index is 12.1. The number of carbonyl (C=O) groups excluding carboxylic acids is 1. The third-order valence-corrected chi connectivity index (χ3v) is 3.15. The number of carbonyl (C=O) groups is 1. The molecule has 0 atom stereocenters. The van der Waals surface area contributed by atoms with Crippen LogP contribution in [0.4, 0.5) is 29.3 Å². The van der Waals surface area contributed by atoms with E-state index in [-0.39, 0.29) is 36.1 Å². The van der Waals surface area contributed by atoms with Crippen LogP contribution in [0.15, 0.2) is 18.2 Å². The fourth-order valence-corrected chi connectivity index (χ4v) is 1.93. The average Bonchev–Trinajstić information content (AvgIpc) is 2.51. The Bertz CT molecular complexity index is 615. The smallest absolute Gasteiger partial charge is 0.395 e. The van der Waals surface area contributed by atoms with Crippen LogP contribution in [0.3, 0.4) is 0 Å². The lowest BCUT2D eigenvalue weighted by Gasteiger charge is -2.22. The molecule has 0 saturated heterocycles. The van der Waals surface area contributed by atoms with Crippen molar-refractivity contribution in [3.05, 3.63) is 33.3 Å². The number of amides is 2. The van der Waals surface area contributed by atoms with E-state index in [2.05, 4.69) is 10.1 Å². The molecule has 12 heteroatoms. The molecule has 0 aliphatic carbocycles. The first-order valence-electron chi connectivity index (χ1n) is 6.89. The van der Waals surface area contributed by atoms with Gasteiger partial charge in [0.05, 0.1) is 28.8 Å². The minimum atomic E-state index is -4.48. The van der Waals surface area contributed by atoms with Crippen LogP contribution in [-0.2, 0) is 4.74 Å². The molecule has 0 bridgehead atoms. The van der Waals surface area contributed by atoms with Crippen LogP contribution in [0, 0.1) is 10.1 Å². The molecule has 0 heterocycles. The van der Waals surface area contributed by atoms with Gasteiger partial charge in [-0.15, -0.1) is 0 Å². The van der Waals surface area contributed by atoms with Gasteiger partial charge < -0.3 is 20.1 Å². The van der Waals surface area contributed by atoms with E-state index in [4.69, 9.17) is 16.7 Å². The Kier molecular flexibility index (Phi) is 7.87. The Balaban J connectivity index is 2.65. The molecule has 0 spiro atoms. The molecule has 0 aromatic heterocycles. The number of hydrogen-bond donors (Lipinski definition) is 2. The minimum Gasteiger partial charge on any atom is -0.395 e. The Morgan fingerprint density at radius 3 is 2.60 bits per heavy atom. The number of hydrogen-bond acceptors (Lipinski definition) is 5. The van der Waals surface area contributed by atoms with Crippen molar-refractivity contribution in [1.29, 1.82) is 0 Å². The van der Waals surface area contributed by atoms with Crippen LogP contribution in [-0.4, -0.2) is 60.0 Å². The van der Waals surface area contributed by atoms with E-state index >= 15 is 0 Å². The number of anilines is 1. The van der Waals surface area contributed by atoms with Crippen LogP contribution in [0.25, 0.3) is 0 Å². The number of benzene rings is 1. The van der Waals surface area contributed by atoms with Crippen LogP contribution < -0.4 is 5.32 Å². The molecule has 2 amide bonds. The lowest BCUT2D eigenvalue weighted by Crippen LogP contribution is -2.39. The fraction of sp³-hybridized carbons (Fsp3) is 0.462. The average molecular weight is 386 g/mol. The van der Waals surface area contributed by atoms with E-state index < -0.39 is 30.3 Å². The Morgan fingerprint density at radius 2 is 2.08 bits per heavy atom. The van der Waals surface area contributed by atoms with E-state index in [1.807, 2.05) is 0 Å². The maximum atomic E-state index is 12.1. The van der Waals surface area contributed by atoms with Crippen molar-refractivity contribution in [1.82, 2.24) is 4.90 Å². The predicted molar refractivity (Wildman–Crippen MR) is 82.7 cm³/mol. The number of urea groups is 1. The van der Waals surface area contributed by atoms with Gasteiger partial charge in [0, 0.05) is 25.2 Å². The molecule has 8 nitrogen and oxygen atoms in total. The number of nitro groups is 1. The zero-order chi connectivity index (χ0) is 19.0. The Morgan fingerprint density at radius 1 is 1.40 bits per heavy atom. The molecule has 140 valence electrons. The number of non-ortho nitro benzene ring substituents is 1. The number of nitrogens with zero attached hydrogens (tertiary/aromatic N) is 2. The second kappa shape index (κ2) is 9.39. The summed E-state index contributed by atoms with van der Waals surface area (Å²) in [5.74, 6) is 0. The van der Waals surface area contributed by atoms with Gasteiger partial charge in [0.2, 0.25) is 0 Å². The van der Waals surface area contributed by atoms with Crippen molar-refractivity contribution in [3.63, 3.8) is 0 Å². The molecule has 1 aromatic carbocycles. The molecule has 1 aromatic rings. The van der Waals surface area contributed by atoms with E-state index in [1.54, 1.807) is 0 Å². The lowest BCUT2D eigenvalue weighted by atomic mass is 10.3. The highest BCUT2D eigenvalue weighted by molar-refractivity contribution is 6.33. The summed E-state index contributed by atoms with van der Waals surface area (Å²) >= 11 is 5.84. The molecule has 0 unspecified atom stereocenters. The molecule has 25 heavy (non-hydrogen) atoms. The number of halogens is 4. The summed E-state index contributed by atoms with van der Waals surface area (Å²) in [6, 6.07) is 2.64. The topological polar surface area (TPSA) is 105 Å². The van der Waals surface area contributed by atoms with Gasteiger partial charge in [-0.1, -0.05) is 11.6 Å². The van der Waals surface area contributed by atoms with E-state index in [1.165, 1.54) is 6.07 Å². The molecule has 0 saturated carbocycles. The summed E-state index contributed by atoms with van der Waals surface area (Å²) < 4.78 is 40.4. The number of aliphatic hydroxyl groups excluding tert-OH is 1. The first-order chi connectivity index (χ1) is 11.6. The zero-order valence-electron chi connectivity index (χ0n) is 12.8. The highest BCUT2D eigenvalue weighted by Crippen LogP contribution is 2.26. The van der Waals surface area contributed by atoms with Crippen molar-refractivity contribution in [2.45, 2.75) is 6.18 Å². The Labute approximate surface area is 145 Å². The van der Waals surface area contributed by atoms with E-state index in [0.29, 0.717) is 0 Å². The molecule has 0 aliphatic heterocycles. The number of nitro benzene ring substituents is 1. The number of ether oxygens (including phenoxy) is 1. The van der Waals surface area contributed by atoms with E-state index in [0.717, 1.165) is 17.0 Å². The summed E-state index contributed by atoms with van der Waals surface area (Å²) in [7, 11) is 0. The number of alkyl halides is 3. The monoisotopic (exact) mass is 385 g/mol. The third-order valence-electron chi connectivity index (χ3n) is 2.83. The van der Waals surface area contributed by atoms with Gasteiger partial charge in [0.25, 0.3) is 5.69 Å². The summed E-state index contributed by atoms with van der Waals surface area (Å²) in [4.78, 5) is 23.1. The molecule has 2 N–H and O–H groups in total. The van der Waals surface area contributed by atoms with Gasteiger partial charge in [0.15, 0.2) is 0 Å². The first-order valence-corrected chi connectivity index (χ1v) is 7.27. The first kappa shape index (κ1) is 20.9. The van der Waals surface area contributed by atoms with Gasteiger partial charge in [-0.05, 0) is 6.07 Å². The third kappa shape index (κ3) is 7.54. The molecular formula is C13H15ClF3N3O5. The van der Waals surface area contributed by atoms with Gasteiger partial charge in [-0.3, -0.25) is 10.1 Å². The summed E-state index contributed by atoms with van der Waals surface area (Å²) in [5, 5.41) is 21.9. The van der Waals surface area contributed by atoms with Crippen molar-refractivity contribution >= 4 is 29.0 Å². The second-order valence-electron chi connectivity index (χ2n) is 4.73. The SMILES string of the molecule is O=C(Nc1ccc([N+](=O)[O-])cc1Cl)N(CCO)CCOCC(F)(F)F. The van der Waals surface area contributed by atoms with Crippen molar-refractivity contribution in [2.75, 3.05) is 38.2 Å². The van der Waals surface area contributed by atoms with Crippen LogP contribution >= 0.6 is 11.6 Å². The molecular weight excluding hydrogens is 371 g/mol. The lowest BCUT2D eigenvalue weighted by molar-refractivity contribution is -0.384. The molecule has 0 radical (unpaired) electrons. The standard InChI is InChI=1S/C13H15ClF3N3O5/c14-10-7-9(20(23)24)1-2-11(10)18-12(22)19(3-5-21)4-6-25-8-13(15,16)17/h1-2,7,21H,3-6,8H2,(H,18,22). The van der Waals surface area contributed by atoms with Gasteiger partial charge in [0.1, 0.15) is 6.61 Å². The van der Waals surface area contributed by atoms with Gasteiger partial charge in [-0.2, -0.15) is 13.2 Å². The molecule has 0 fully saturated rings. The summed E-state index contributed by atoms with van der Waals surface area (Å²) in [6.07, 6.45) is -4.48. The largest absolute Gasteiger partial charge is 0.411 e.